The maximum absolute atomic E-state index is 9.01. The molecule has 2 rings (SSSR count). The number of nitriles is 1. The van der Waals surface area contributed by atoms with Gasteiger partial charge in [-0.2, -0.15) is 5.26 Å². The summed E-state index contributed by atoms with van der Waals surface area (Å²) in [5, 5.41) is 9.01. The minimum atomic E-state index is -0.221. The van der Waals surface area contributed by atoms with Gasteiger partial charge in [0, 0.05) is 0 Å². The van der Waals surface area contributed by atoms with Gasteiger partial charge >= 0.3 is 0 Å². The van der Waals surface area contributed by atoms with Crippen LogP contribution in [-0.2, 0) is 9.47 Å². The second-order valence-corrected chi connectivity index (χ2v) is 4.80. The van der Waals surface area contributed by atoms with Crippen LogP contribution < -0.4 is 0 Å². The molecule has 3 heteroatoms. The Labute approximate surface area is 84.3 Å². The molecule has 0 aromatic carbocycles. The molecule has 0 N–H and O–H groups in total. The summed E-state index contributed by atoms with van der Waals surface area (Å²) in [7, 11) is 0. The van der Waals surface area contributed by atoms with Crippen molar-refractivity contribution in [2.75, 3.05) is 0 Å². The molecule has 0 amide bonds. The van der Waals surface area contributed by atoms with Crippen LogP contribution in [0.1, 0.15) is 20.8 Å². The first-order chi connectivity index (χ1) is 6.51. The van der Waals surface area contributed by atoms with E-state index in [2.05, 4.69) is 6.07 Å². The van der Waals surface area contributed by atoms with Crippen LogP contribution in [0.25, 0.3) is 0 Å². The first kappa shape index (κ1) is 9.70. The molecule has 0 aliphatic carbocycles. The van der Waals surface area contributed by atoms with Crippen LogP contribution in [-0.4, -0.2) is 23.9 Å². The molecule has 76 valence electrons. The van der Waals surface area contributed by atoms with Gasteiger partial charge in [0.15, 0.2) is 0 Å². The third-order valence-electron chi connectivity index (χ3n) is 2.48. The van der Waals surface area contributed by atoms with E-state index in [4.69, 9.17) is 14.7 Å². The van der Waals surface area contributed by atoms with Gasteiger partial charge in [-0.15, -0.1) is 0 Å². The molecule has 0 saturated carbocycles. The summed E-state index contributed by atoms with van der Waals surface area (Å²) in [6, 6.07) is 2.27. The molecule has 4 atom stereocenters. The van der Waals surface area contributed by atoms with Crippen molar-refractivity contribution in [2.45, 2.75) is 44.7 Å². The van der Waals surface area contributed by atoms with E-state index < -0.39 is 0 Å². The fraction of sp³-hybridized carbons (Fsp3) is 0.727. The zero-order valence-electron chi connectivity index (χ0n) is 8.73. The predicted molar refractivity (Wildman–Crippen MR) is 51.5 cm³/mol. The fourth-order valence-corrected chi connectivity index (χ4v) is 1.97. The number of hydrogen-bond acceptors (Lipinski definition) is 3. The van der Waals surface area contributed by atoms with E-state index in [0.29, 0.717) is 0 Å². The summed E-state index contributed by atoms with van der Waals surface area (Å²) in [5.41, 5.74) is -0.221. The summed E-state index contributed by atoms with van der Waals surface area (Å²) in [5.74, 6) is -0.149. The Morgan fingerprint density at radius 2 is 1.93 bits per heavy atom. The highest BCUT2D eigenvalue weighted by atomic mass is 16.6. The van der Waals surface area contributed by atoms with Crippen molar-refractivity contribution in [3.05, 3.63) is 12.2 Å². The summed E-state index contributed by atoms with van der Waals surface area (Å²) < 4.78 is 11.4. The maximum Gasteiger partial charge on any atom is 0.107 e. The minimum absolute atomic E-state index is 0.0242. The van der Waals surface area contributed by atoms with E-state index in [1.807, 2.05) is 32.9 Å². The SMILES string of the molecule is CC(C)(C)OC1C2C=CC(O2)C1C#N. The van der Waals surface area contributed by atoms with Gasteiger partial charge in [0.1, 0.15) is 18.1 Å². The highest BCUT2D eigenvalue weighted by Gasteiger charge is 2.48. The van der Waals surface area contributed by atoms with Crippen molar-refractivity contribution in [3.8, 4) is 6.07 Å². The van der Waals surface area contributed by atoms with Crippen LogP contribution in [0.2, 0.25) is 0 Å². The van der Waals surface area contributed by atoms with Crippen molar-refractivity contribution in [1.29, 1.82) is 5.26 Å². The Kier molecular flexibility index (Phi) is 2.13. The summed E-state index contributed by atoms with van der Waals surface area (Å²) in [6.45, 7) is 5.99. The van der Waals surface area contributed by atoms with Crippen molar-refractivity contribution in [2.24, 2.45) is 5.92 Å². The van der Waals surface area contributed by atoms with Gasteiger partial charge in [-0.25, -0.2) is 0 Å². The third kappa shape index (κ3) is 1.56. The second-order valence-electron chi connectivity index (χ2n) is 4.80. The van der Waals surface area contributed by atoms with Crippen molar-refractivity contribution >= 4 is 0 Å². The fourth-order valence-electron chi connectivity index (χ4n) is 1.97. The monoisotopic (exact) mass is 193 g/mol. The smallest absolute Gasteiger partial charge is 0.107 e. The van der Waals surface area contributed by atoms with E-state index in [0.717, 1.165) is 0 Å². The van der Waals surface area contributed by atoms with E-state index in [9.17, 15) is 0 Å². The largest absolute Gasteiger partial charge is 0.368 e. The highest BCUT2D eigenvalue weighted by molar-refractivity contribution is 5.20. The second kappa shape index (κ2) is 3.08. The normalized spacial score (nSPS) is 40.1. The number of rotatable bonds is 1. The van der Waals surface area contributed by atoms with Crippen molar-refractivity contribution < 1.29 is 9.47 Å². The lowest BCUT2D eigenvalue weighted by Gasteiger charge is -2.29. The summed E-state index contributed by atoms with van der Waals surface area (Å²) >= 11 is 0. The van der Waals surface area contributed by atoms with Crippen LogP contribution in [0.5, 0.6) is 0 Å². The molecule has 0 aromatic heterocycles. The standard InChI is InChI=1S/C11H15NO2/c1-11(2,3)14-10-7(6-12)8-4-5-9(10)13-8/h4-5,7-10H,1-3H3. The Balaban J connectivity index is 2.13. The number of fused-ring (bicyclic) bond motifs is 2. The van der Waals surface area contributed by atoms with Crippen LogP contribution >= 0.6 is 0 Å². The van der Waals surface area contributed by atoms with Crippen LogP contribution in [0.15, 0.2) is 12.2 Å². The molecule has 1 saturated heterocycles. The van der Waals surface area contributed by atoms with E-state index in [1.54, 1.807) is 0 Å². The minimum Gasteiger partial charge on any atom is -0.368 e. The van der Waals surface area contributed by atoms with Gasteiger partial charge in [-0.1, -0.05) is 12.2 Å². The molecule has 0 spiro atoms. The Bertz CT molecular complexity index is 297. The molecule has 1 fully saturated rings. The third-order valence-corrected chi connectivity index (χ3v) is 2.48. The molecule has 2 bridgehead atoms. The van der Waals surface area contributed by atoms with E-state index in [-0.39, 0.29) is 29.8 Å². The molecular weight excluding hydrogens is 178 g/mol. The van der Waals surface area contributed by atoms with Crippen LogP contribution in [0, 0.1) is 17.2 Å². The van der Waals surface area contributed by atoms with Gasteiger partial charge in [0.2, 0.25) is 0 Å². The lowest BCUT2D eigenvalue weighted by atomic mass is 9.92. The molecule has 4 unspecified atom stereocenters. The lowest BCUT2D eigenvalue weighted by molar-refractivity contribution is -0.0827. The molecule has 2 aliphatic rings. The lowest BCUT2D eigenvalue weighted by Crippen LogP contribution is -2.37. The Morgan fingerprint density at radius 1 is 1.29 bits per heavy atom. The highest BCUT2D eigenvalue weighted by Crippen LogP contribution is 2.37. The van der Waals surface area contributed by atoms with Gasteiger partial charge in [0.25, 0.3) is 0 Å². The molecule has 3 nitrogen and oxygen atoms in total. The number of nitrogens with zero attached hydrogens (tertiary/aromatic N) is 1. The van der Waals surface area contributed by atoms with Crippen molar-refractivity contribution in [3.63, 3.8) is 0 Å². The van der Waals surface area contributed by atoms with Crippen LogP contribution in [0.3, 0.4) is 0 Å². The van der Waals surface area contributed by atoms with Gasteiger partial charge < -0.3 is 9.47 Å². The maximum atomic E-state index is 9.01. The summed E-state index contributed by atoms with van der Waals surface area (Å²) in [4.78, 5) is 0. The Hall–Kier alpha value is -0.850. The number of hydrogen-bond donors (Lipinski definition) is 0. The zero-order chi connectivity index (χ0) is 10.3. The topological polar surface area (TPSA) is 42.2 Å². The first-order valence-corrected chi connectivity index (χ1v) is 4.92. The van der Waals surface area contributed by atoms with Gasteiger partial charge in [-0.3, -0.25) is 0 Å². The molecule has 0 aromatic rings. The Morgan fingerprint density at radius 3 is 2.50 bits per heavy atom. The zero-order valence-corrected chi connectivity index (χ0v) is 8.73. The average molecular weight is 193 g/mol. The van der Waals surface area contributed by atoms with Crippen molar-refractivity contribution in [1.82, 2.24) is 0 Å². The average Bonchev–Trinajstić information content (AvgIpc) is 2.60. The number of ether oxygens (including phenoxy) is 2. The molecule has 0 radical (unpaired) electrons. The van der Waals surface area contributed by atoms with E-state index >= 15 is 0 Å². The predicted octanol–water partition coefficient (Wildman–Crippen LogP) is 1.65. The molecule has 2 aliphatic heterocycles. The first-order valence-electron chi connectivity index (χ1n) is 4.92. The van der Waals surface area contributed by atoms with Gasteiger partial charge in [-0.05, 0) is 20.8 Å². The van der Waals surface area contributed by atoms with Gasteiger partial charge in [0.05, 0.1) is 17.8 Å². The molecule has 2 heterocycles. The van der Waals surface area contributed by atoms with Crippen LogP contribution in [0.4, 0.5) is 0 Å². The quantitative estimate of drug-likeness (QED) is 0.594. The molecule has 14 heavy (non-hydrogen) atoms. The van der Waals surface area contributed by atoms with E-state index in [1.165, 1.54) is 0 Å². The summed E-state index contributed by atoms with van der Waals surface area (Å²) in [6.07, 6.45) is 3.77. The molecular formula is C11H15NO2.